The number of urea groups is 1. The highest BCUT2D eigenvalue weighted by atomic mass is 16.7. The third kappa shape index (κ3) is 2.66. The summed E-state index contributed by atoms with van der Waals surface area (Å²) in [6.07, 6.45) is 0. The van der Waals surface area contributed by atoms with Crippen LogP contribution >= 0.6 is 0 Å². The van der Waals surface area contributed by atoms with Crippen molar-refractivity contribution in [3.63, 3.8) is 0 Å². The molecular formula is C13H13N3O4. The lowest BCUT2D eigenvalue weighted by Crippen LogP contribution is -2.28. The first-order valence-corrected chi connectivity index (χ1v) is 6.07. The number of nitrogens with one attached hydrogen (secondary N) is 2. The highest BCUT2D eigenvalue weighted by molar-refractivity contribution is 5.88. The number of hydrogen-bond acceptors (Lipinski definition) is 5. The van der Waals surface area contributed by atoms with Crippen LogP contribution in [0.25, 0.3) is 0 Å². The third-order valence-electron chi connectivity index (χ3n) is 2.76. The third-order valence-corrected chi connectivity index (χ3v) is 2.76. The van der Waals surface area contributed by atoms with Crippen LogP contribution in [-0.2, 0) is 6.54 Å². The summed E-state index contributed by atoms with van der Waals surface area (Å²) in [5, 5.41) is 8.97. The number of aromatic nitrogens is 1. The van der Waals surface area contributed by atoms with Gasteiger partial charge in [0.25, 0.3) is 0 Å². The minimum absolute atomic E-state index is 0.234. The second kappa shape index (κ2) is 5.12. The average Bonchev–Trinajstić information content (AvgIpc) is 3.04. The Morgan fingerprint density at radius 3 is 2.95 bits per heavy atom. The summed E-state index contributed by atoms with van der Waals surface area (Å²) in [6, 6.07) is 6.81. The zero-order chi connectivity index (χ0) is 13.9. The molecule has 0 aliphatic carbocycles. The molecule has 2 amide bonds. The van der Waals surface area contributed by atoms with Crippen LogP contribution < -0.4 is 20.1 Å². The Hall–Kier alpha value is -2.70. The standard InChI is InChI=1S/C13H13N3O4/c1-8-4-12(16-20-8)15-13(17)14-6-9-2-3-10-11(5-9)19-7-18-10/h2-5H,6-7H2,1H3,(H2,14,15,16,17). The van der Waals surface area contributed by atoms with Crippen LogP contribution in [0.2, 0.25) is 0 Å². The number of fused-ring (bicyclic) bond motifs is 1. The summed E-state index contributed by atoms with van der Waals surface area (Å²) in [5.41, 5.74) is 0.917. The largest absolute Gasteiger partial charge is 0.454 e. The minimum atomic E-state index is -0.351. The topological polar surface area (TPSA) is 85.6 Å². The highest BCUT2D eigenvalue weighted by Crippen LogP contribution is 2.32. The zero-order valence-corrected chi connectivity index (χ0v) is 10.8. The van der Waals surface area contributed by atoms with Crippen LogP contribution in [0.4, 0.5) is 10.6 Å². The van der Waals surface area contributed by atoms with Crippen LogP contribution in [-0.4, -0.2) is 18.0 Å². The summed E-state index contributed by atoms with van der Waals surface area (Å²) in [5.74, 6) is 2.43. The van der Waals surface area contributed by atoms with Crippen molar-refractivity contribution in [3.05, 3.63) is 35.6 Å². The van der Waals surface area contributed by atoms with Crippen molar-refractivity contribution in [2.24, 2.45) is 0 Å². The van der Waals surface area contributed by atoms with E-state index in [1.54, 1.807) is 13.0 Å². The van der Waals surface area contributed by atoms with Gasteiger partial charge in [-0.3, -0.25) is 5.32 Å². The summed E-state index contributed by atoms with van der Waals surface area (Å²) in [7, 11) is 0. The van der Waals surface area contributed by atoms with Gasteiger partial charge in [-0.2, -0.15) is 0 Å². The van der Waals surface area contributed by atoms with E-state index in [1.807, 2.05) is 18.2 Å². The number of carbonyl (C=O) groups excluding carboxylic acids is 1. The lowest BCUT2D eigenvalue weighted by atomic mass is 10.2. The van der Waals surface area contributed by atoms with Gasteiger partial charge in [0.2, 0.25) is 6.79 Å². The molecule has 1 aromatic heterocycles. The van der Waals surface area contributed by atoms with Crippen LogP contribution in [0.1, 0.15) is 11.3 Å². The monoisotopic (exact) mass is 275 g/mol. The first-order valence-electron chi connectivity index (χ1n) is 6.07. The van der Waals surface area contributed by atoms with Gasteiger partial charge in [-0.25, -0.2) is 4.79 Å². The van der Waals surface area contributed by atoms with Crippen molar-refractivity contribution in [1.82, 2.24) is 10.5 Å². The molecule has 0 bridgehead atoms. The second-order valence-corrected chi connectivity index (χ2v) is 4.32. The summed E-state index contributed by atoms with van der Waals surface area (Å²) < 4.78 is 15.3. The van der Waals surface area contributed by atoms with Crippen LogP contribution in [0, 0.1) is 6.92 Å². The first-order chi connectivity index (χ1) is 9.70. The van der Waals surface area contributed by atoms with E-state index in [4.69, 9.17) is 14.0 Å². The molecule has 1 aliphatic heterocycles. The molecule has 1 aliphatic rings. The molecule has 3 rings (SSSR count). The minimum Gasteiger partial charge on any atom is -0.454 e. The van der Waals surface area contributed by atoms with Crippen molar-refractivity contribution in [1.29, 1.82) is 0 Å². The Labute approximate surface area is 114 Å². The molecule has 7 heteroatoms. The second-order valence-electron chi connectivity index (χ2n) is 4.32. The van der Waals surface area contributed by atoms with Gasteiger partial charge in [0.05, 0.1) is 0 Å². The van der Waals surface area contributed by atoms with E-state index >= 15 is 0 Å². The van der Waals surface area contributed by atoms with E-state index in [2.05, 4.69) is 15.8 Å². The Morgan fingerprint density at radius 1 is 1.30 bits per heavy atom. The van der Waals surface area contributed by atoms with Crippen LogP contribution in [0.15, 0.2) is 28.8 Å². The van der Waals surface area contributed by atoms with Gasteiger partial charge in [0, 0.05) is 12.6 Å². The predicted octanol–water partition coefficient (Wildman–Crippen LogP) is 2.03. The lowest BCUT2D eigenvalue weighted by molar-refractivity contribution is 0.174. The molecule has 104 valence electrons. The van der Waals surface area contributed by atoms with Crippen molar-refractivity contribution >= 4 is 11.8 Å². The fourth-order valence-corrected chi connectivity index (χ4v) is 1.82. The molecule has 0 saturated heterocycles. The molecule has 0 saturated carbocycles. The molecule has 0 radical (unpaired) electrons. The molecule has 7 nitrogen and oxygen atoms in total. The normalized spacial score (nSPS) is 12.2. The zero-order valence-electron chi connectivity index (χ0n) is 10.8. The van der Waals surface area contributed by atoms with Gasteiger partial charge in [-0.15, -0.1) is 0 Å². The molecule has 0 atom stereocenters. The summed E-state index contributed by atoms with van der Waals surface area (Å²) >= 11 is 0. The molecule has 0 fully saturated rings. The average molecular weight is 275 g/mol. The number of aryl methyl sites for hydroxylation is 1. The smallest absolute Gasteiger partial charge is 0.320 e. The molecule has 1 aromatic carbocycles. The van der Waals surface area contributed by atoms with Gasteiger partial charge < -0.3 is 19.3 Å². The molecule has 0 spiro atoms. The number of anilines is 1. The number of nitrogens with zero attached hydrogens (tertiary/aromatic N) is 1. The van der Waals surface area contributed by atoms with Crippen LogP contribution in [0.5, 0.6) is 11.5 Å². The van der Waals surface area contributed by atoms with Gasteiger partial charge in [-0.1, -0.05) is 11.2 Å². The molecule has 20 heavy (non-hydrogen) atoms. The fourth-order valence-electron chi connectivity index (χ4n) is 1.82. The van der Waals surface area contributed by atoms with E-state index in [1.165, 1.54) is 0 Å². The number of amides is 2. The van der Waals surface area contributed by atoms with Crippen molar-refractivity contribution in [3.8, 4) is 11.5 Å². The molecule has 0 unspecified atom stereocenters. The van der Waals surface area contributed by atoms with E-state index in [9.17, 15) is 4.79 Å². The number of hydrogen-bond donors (Lipinski definition) is 2. The molecule has 2 N–H and O–H groups in total. The van der Waals surface area contributed by atoms with Gasteiger partial charge in [-0.05, 0) is 24.6 Å². The quantitative estimate of drug-likeness (QED) is 0.895. The van der Waals surface area contributed by atoms with E-state index in [0.29, 0.717) is 23.9 Å². The van der Waals surface area contributed by atoms with E-state index < -0.39 is 0 Å². The summed E-state index contributed by atoms with van der Waals surface area (Å²) in [4.78, 5) is 11.7. The maximum absolute atomic E-state index is 11.7. The summed E-state index contributed by atoms with van der Waals surface area (Å²) in [6.45, 7) is 2.36. The Kier molecular flexibility index (Phi) is 3.16. The maximum Gasteiger partial charge on any atom is 0.320 e. The number of ether oxygens (including phenoxy) is 2. The van der Waals surface area contributed by atoms with Gasteiger partial charge >= 0.3 is 6.03 Å². The van der Waals surface area contributed by atoms with Gasteiger partial charge in [0.1, 0.15) is 5.76 Å². The maximum atomic E-state index is 11.7. The Bertz CT molecular complexity index is 638. The number of rotatable bonds is 3. The molecular weight excluding hydrogens is 262 g/mol. The van der Waals surface area contributed by atoms with Crippen molar-refractivity contribution in [2.45, 2.75) is 13.5 Å². The highest BCUT2D eigenvalue weighted by Gasteiger charge is 2.13. The number of benzene rings is 1. The van der Waals surface area contributed by atoms with Crippen molar-refractivity contribution in [2.75, 3.05) is 12.1 Å². The Morgan fingerprint density at radius 2 is 2.15 bits per heavy atom. The SMILES string of the molecule is Cc1cc(NC(=O)NCc2ccc3c(c2)OCO3)no1. The van der Waals surface area contributed by atoms with Crippen molar-refractivity contribution < 1.29 is 18.8 Å². The number of carbonyl (C=O) groups is 1. The van der Waals surface area contributed by atoms with E-state index in [-0.39, 0.29) is 12.8 Å². The molecule has 2 aromatic rings. The predicted molar refractivity (Wildman–Crippen MR) is 69.7 cm³/mol. The van der Waals surface area contributed by atoms with Gasteiger partial charge in [0.15, 0.2) is 17.3 Å². The van der Waals surface area contributed by atoms with Crippen LogP contribution in [0.3, 0.4) is 0 Å². The Balaban J connectivity index is 1.55. The van der Waals surface area contributed by atoms with E-state index in [0.717, 1.165) is 11.3 Å². The fraction of sp³-hybridized carbons (Fsp3) is 0.231. The first kappa shape index (κ1) is 12.3. The lowest BCUT2D eigenvalue weighted by Gasteiger charge is -2.06. The molecule has 2 heterocycles.